The van der Waals surface area contributed by atoms with E-state index in [0.717, 1.165) is 24.5 Å². The van der Waals surface area contributed by atoms with Gasteiger partial charge in [0.2, 0.25) is 0 Å². The van der Waals surface area contributed by atoms with Crippen LogP contribution in [-0.2, 0) is 0 Å². The number of hydrogen-bond acceptors (Lipinski definition) is 2. The van der Waals surface area contributed by atoms with Crippen LogP contribution in [0.15, 0.2) is 0 Å². The quantitative estimate of drug-likeness (QED) is 0.394. The Labute approximate surface area is 86.3 Å². The number of nitrogens with two attached hydrogens (primary N) is 2. The van der Waals surface area contributed by atoms with Crippen molar-refractivity contribution < 1.29 is 4.79 Å². The highest BCUT2D eigenvalue weighted by atomic mass is 14.9. The molecule has 0 aromatic carbocycles. The van der Waals surface area contributed by atoms with Gasteiger partial charge in [-0.1, -0.05) is 19.8 Å². The lowest BCUT2D eigenvalue weighted by Gasteiger charge is -1.89. The first-order valence-electron chi connectivity index (χ1n) is 5.38. The molecule has 4 nitrogen and oxygen atoms in total. The maximum absolute atomic E-state index is 8.45. The van der Waals surface area contributed by atoms with Crippen molar-refractivity contribution >= 4 is 5.71 Å². The maximum atomic E-state index is 8.45. The Balaban J connectivity index is 0.000000364. The van der Waals surface area contributed by atoms with E-state index in [1.54, 1.807) is 0 Å². The summed E-state index contributed by atoms with van der Waals surface area (Å²) in [6.07, 6.45) is 5.90. The average molecular weight is 198 g/mol. The summed E-state index contributed by atoms with van der Waals surface area (Å²) in [6.45, 7) is 3.22. The first kappa shape index (κ1) is 13.3. The fourth-order valence-corrected chi connectivity index (χ4v) is 1.07. The van der Waals surface area contributed by atoms with Gasteiger partial charge in [0.1, 0.15) is 0 Å². The molecule has 0 amide bonds. The Bertz CT molecular complexity index is 179. The SMILES string of the molecule is CCC(CCC1CC1)=[N+]=[N-].NCCN. The highest BCUT2D eigenvalue weighted by Crippen LogP contribution is 2.33. The van der Waals surface area contributed by atoms with Crippen LogP contribution in [0.5, 0.6) is 0 Å². The Morgan fingerprint density at radius 1 is 1.36 bits per heavy atom. The van der Waals surface area contributed by atoms with Gasteiger partial charge in [-0.05, 0) is 12.3 Å². The highest BCUT2D eigenvalue weighted by molar-refractivity contribution is 5.78. The van der Waals surface area contributed by atoms with Crippen LogP contribution in [0, 0.1) is 5.92 Å². The summed E-state index contributed by atoms with van der Waals surface area (Å²) in [5.41, 5.74) is 19.2. The van der Waals surface area contributed by atoms with E-state index in [1.165, 1.54) is 19.3 Å². The largest absolute Gasteiger partial charge is 0.362 e. The second-order valence-corrected chi connectivity index (χ2v) is 3.58. The standard InChI is InChI=1S/C8H14N2.C2H8N2/c1-2-8(10-9)6-5-7-3-4-7;3-1-2-4/h7H,2-6H2,1H3;1-4H2. The maximum Gasteiger partial charge on any atom is 0.268 e. The summed E-state index contributed by atoms with van der Waals surface area (Å²) in [5.74, 6) is 0.947. The highest BCUT2D eigenvalue weighted by Gasteiger charge is 2.22. The molecule has 0 aromatic heterocycles. The Morgan fingerprint density at radius 3 is 2.21 bits per heavy atom. The van der Waals surface area contributed by atoms with Crippen LogP contribution in [0.2, 0.25) is 0 Å². The van der Waals surface area contributed by atoms with Crippen LogP contribution in [0.4, 0.5) is 0 Å². The molecule has 1 saturated carbocycles. The van der Waals surface area contributed by atoms with Gasteiger partial charge in [0.15, 0.2) is 0 Å². The van der Waals surface area contributed by atoms with Crippen LogP contribution in [-0.4, -0.2) is 23.6 Å². The molecule has 1 aliphatic rings. The molecule has 0 atom stereocenters. The van der Waals surface area contributed by atoms with E-state index in [1.807, 2.05) is 6.92 Å². The molecular formula is C10H22N4. The first-order chi connectivity index (χ1) is 6.78. The molecule has 82 valence electrons. The predicted molar refractivity (Wildman–Crippen MR) is 59.0 cm³/mol. The van der Waals surface area contributed by atoms with E-state index in [0.29, 0.717) is 13.1 Å². The minimum absolute atomic E-state index is 0.597. The van der Waals surface area contributed by atoms with Gasteiger partial charge in [-0.3, -0.25) is 0 Å². The van der Waals surface area contributed by atoms with Crippen LogP contribution in [0.25, 0.3) is 5.53 Å². The summed E-state index contributed by atoms with van der Waals surface area (Å²) in [6, 6.07) is 0. The topological polar surface area (TPSA) is 88.4 Å². The minimum Gasteiger partial charge on any atom is -0.362 e. The molecule has 1 fully saturated rings. The molecule has 0 aliphatic heterocycles. The summed E-state index contributed by atoms with van der Waals surface area (Å²) < 4.78 is 0. The number of hydrogen-bond donors (Lipinski definition) is 2. The zero-order valence-electron chi connectivity index (χ0n) is 9.08. The minimum atomic E-state index is 0.597. The van der Waals surface area contributed by atoms with Crippen LogP contribution in [0.1, 0.15) is 39.0 Å². The third-order valence-electron chi connectivity index (χ3n) is 2.25. The second-order valence-electron chi connectivity index (χ2n) is 3.58. The van der Waals surface area contributed by atoms with Crippen molar-refractivity contribution in [1.82, 2.24) is 0 Å². The lowest BCUT2D eigenvalue weighted by Crippen LogP contribution is -2.11. The van der Waals surface area contributed by atoms with Crippen molar-refractivity contribution in [2.24, 2.45) is 17.4 Å². The molecule has 1 aliphatic carbocycles. The van der Waals surface area contributed by atoms with Crippen LogP contribution in [0.3, 0.4) is 0 Å². The molecule has 0 heterocycles. The molecule has 0 bridgehead atoms. The zero-order chi connectivity index (χ0) is 10.8. The fourth-order valence-electron chi connectivity index (χ4n) is 1.07. The lowest BCUT2D eigenvalue weighted by atomic mass is 10.1. The summed E-state index contributed by atoms with van der Waals surface area (Å²) in [7, 11) is 0. The van der Waals surface area contributed by atoms with Gasteiger partial charge in [-0.15, -0.1) is 0 Å². The van der Waals surface area contributed by atoms with Gasteiger partial charge < -0.3 is 17.0 Å². The normalized spacial score (nSPS) is 13.9. The van der Waals surface area contributed by atoms with Crippen molar-refractivity contribution in [1.29, 1.82) is 0 Å². The summed E-state index contributed by atoms with van der Waals surface area (Å²) >= 11 is 0. The summed E-state index contributed by atoms with van der Waals surface area (Å²) in [5, 5.41) is 0. The van der Waals surface area contributed by atoms with Gasteiger partial charge in [-0.2, -0.15) is 4.79 Å². The van der Waals surface area contributed by atoms with E-state index >= 15 is 0 Å². The van der Waals surface area contributed by atoms with Gasteiger partial charge in [-0.25, -0.2) is 0 Å². The van der Waals surface area contributed by atoms with Crippen molar-refractivity contribution in [3.8, 4) is 0 Å². The van der Waals surface area contributed by atoms with Crippen LogP contribution < -0.4 is 11.5 Å². The summed E-state index contributed by atoms with van der Waals surface area (Å²) in [4.78, 5) is 3.22. The fraction of sp³-hybridized carbons (Fsp3) is 0.900. The smallest absolute Gasteiger partial charge is 0.268 e. The molecule has 4 N–H and O–H groups in total. The first-order valence-corrected chi connectivity index (χ1v) is 5.38. The van der Waals surface area contributed by atoms with Gasteiger partial charge in [0.05, 0.1) is 0 Å². The van der Waals surface area contributed by atoms with E-state index in [4.69, 9.17) is 17.0 Å². The number of nitrogens with zero attached hydrogens (tertiary/aromatic N) is 2. The predicted octanol–water partition coefficient (Wildman–Crippen LogP) is 1.16. The molecule has 4 heteroatoms. The Kier molecular flexibility index (Phi) is 8.43. The third-order valence-corrected chi connectivity index (χ3v) is 2.25. The van der Waals surface area contributed by atoms with Gasteiger partial charge >= 0.3 is 0 Å². The molecular weight excluding hydrogens is 176 g/mol. The van der Waals surface area contributed by atoms with E-state index in [-0.39, 0.29) is 0 Å². The Hall–Kier alpha value is -0.700. The average Bonchev–Trinajstić information content (AvgIpc) is 3.04. The van der Waals surface area contributed by atoms with Crippen molar-refractivity contribution in [2.45, 2.75) is 39.0 Å². The van der Waals surface area contributed by atoms with Crippen LogP contribution >= 0.6 is 0 Å². The van der Waals surface area contributed by atoms with E-state index in [2.05, 4.69) is 4.79 Å². The molecule has 0 spiro atoms. The molecule has 0 saturated heterocycles. The van der Waals surface area contributed by atoms with Crippen molar-refractivity contribution in [2.75, 3.05) is 13.1 Å². The molecule has 1 rings (SSSR count). The molecule has 14 heavy (non-hydrogen) atoms. The molecule has 0 aromatic rings. The number of rotatable bonds is 5. The third kappa shape index (κ3) is 7.92. The van der Waals surface area contributed by atoms with Crippen molar-refractivity contribution in [3.05, 3.63) is 5.53 Å². The molecule has 0 radical (unpaired) electrons. The Morgan fingerprint density at radius 2 is 1.93 bits per heavy atom. The lowest BCUT2D eigenvalue weighted by molar-refractivity contribution is -0.0112. The van der Waals surface area contributed by atoms with Gasteiger partial charge in [0, 0.05) is 25.9 Å². The second kappa shape index (κ2) is 8.88. The zero-order valence-corrected chi connectivity index (χ0v) is 9.08. The van der Waals surface area contributed by atoms with E-state index < -0.39 is 0 Å². The van der Waals surface area contributed by atoms with E-state index in [9.17, 15) is 0 Å². The molecule has 0 unspecified atom stereocenters. The monoisotopic (exact) mass is 198 g/mol. The van der Waals surface area contributed by atoms with Gasteiger partial charge in [0.25, 0.3) is 5.71 Å². The van der Waals surface area contributed by atoms with Crippen molar-refractivity contribution in [3.63, 3.8) is 0 Å².